The zero-order valence-corrected chi connectivity index (χ0v) is 8.52. The van der Waals surface area contributed by atoms with Crippen LogP contribution in [0.2, 0.25) is 0 Å². The highest BCUT2D eigenvalue weighted by molar-refractivity contribution is 7.99. The number of thioether (sulfide) groups is 1. The Balaban J connectivity index is 2.25. The van der Waals surface area contributed by atoms with Crippen LogP contribution in [0.4, 0.5) is 0 Å². The van der Waals surface area contributed by atoms with Gasteiger partial charge in [0.1, 0.15) is 0 Å². The van der Waals surface area contributed by atoms with E-state index in [0.29, 0.717) is 13.0 Å². The Labute approximate surface area is 81.9 Å². The van der Waals surface area contributed by atoms with Crippen LogP contribution in [0.5, 0.6) is 0 Å². The number of likely N-dealkylation sites (tertiary alicyclic amines) is 1. The highest BCUT2D eigenvalue weighted by Crippen LogP contribution is 2.44. The first-order valence-corrected chi connectivity index (χ1v) is 5.78. The van der Waals surface area contributed by atoms with E-state index in [1.54, 1.807) is 11.8 Å². The Morgan fingerprint density at radius 1 is 1.54 bits per heavy atom. The third-order valence-corrected chi connectivity index (χ3v) is 4.16. The minimum absolute atomic E-state index is 0.0231. The Morgan fingerprint density at radius 3 is 2.77 bits per heavy atom. The number of carbonyl (C=O) groups is 2. The van der Waals surface area contributed by atoms with E-state index in [4.69, 9.17) is 0 Å². The average molecular weight is 199 g/mol. The van der Waals surface area contributed by atoms with Gasteiger partial charge in [-0.15, -0.1) is 0 Å². The molecule has 13 heavy (non-hydrogen) atoms. The maximum atomic E-state index is 11.9. The SMILES string of the molecule is CCN1C(=O)CC2(CCSC2)C1=O. The van der Waals surface area contributed by atoms with Crippen LogP contribution in [-0.2, 0) is 9.59 Å². The highest BCUT2D eigenvalue weighted by atomic mass is 32.2. The van der Waals surface area contributed by atoms with Crippen molar-refractivity contribution in [3.05, 3.63) is 0 Å². The molecule has 2 aliphatic heterocycles. The summed E-state index contributed by atoms with van der Waals surface area (Å²) in [5, 5.41) is 0. The predicted molar refractivity (Wildman–Crippen MR) is 51.4 cm³/mol. The number of rotatable bonds is 1. The van der Waals surface area contributed by atoms with Crippen LogP contribution in [-0.4, -0.2) is 34.8 Å². The molecule has 0 aromatic rings. The fourth-order valence-electron chi connectivity index (χ4n) is 2.10. The van der Waals surface area contributed by atoms with Gasteiger partial charge in [-0.3, -0.25) is 14.5 Å². The van der Waals surface area contributed by atoms with E-state index < -0.39 is 0 Å². The van der Waals surface area contributed by atoms with Gasteiger partial charge in [0.15, 0.2) is 0 Å². The molecule has 1 spiro atoms. The van der Waals surface area contributed by atoms with Crippen molar-refractivity contribution in [2.24, 2.45) is 5.41 Å². The Hall–Kier alpha value is -0.510. The molecule has 2 heterocycles. The van der Waals surface area contributed by atoms with E-state index in [9.17, 15) is 9.59 Å². The Kier molecular flexibility index (Phi) is 2.10. The van der Waals surface area contributed by atoms with Crippen LogP contribution in [0.25, 0.3) is 0 Å². The van der Waals surface area contributed by atoms with E-state index in [0.717, 1.165) is 17.9 Å². The van der Waals surface area contributed by atoms with E-state index in [1.165, 1.54) is 4.90 Å². The zero-order valence-electron chi connectivity index (χ0n) is 7.71. The van der Waals surface area contributed by atoms with E-state index in [-0.39, 0.29) is 17.2 Å². The summed E-state index contributed by atoms with van der Waals surface area (Å²) in [6.07, 6.45) is 1.34. The summed E-state index contributed by atoms with van der Waals surface area (Å²) < 4.78 is 0. The molecular weight excluding hydrogens is 186 g/mol. The lowest BCUT2D eigenvalue weighted by atomic mass is 9.86. The molecule has 2 fully saturated rings. The summed E-state index contributed by atoms with van der Waals surface area (Å²) in [6, 6.07) is 0. The number of hydrogen-bond acceptors (Lipinski definition) is 3. The maximum Gasteiger partial charge on any atom is 0.236 e. The summed E-state index contributed by atoms with van der Waals surface area (Å²) in [7, 11) is 0. The quantitative estimate of drug-likeness (QED) is 0.588. The molecule has 0 saturated carbocycles. The van der Waals surface area contributed by atoms with Crippen molar-refractivity contribution in [3.63, 3.8) is 0 Å². The first-order valence-electron chi connectivity index (χ1n) is 4.62. The predicted octanol–water partition coefficient (Wildman–Crippen LogP) is 0.889. The molecule has 2 saturated heterocycles. The average Bonchev–Trinajstić information content (AvgIpc) is 2.62. The third kappa shape index (κ3) is 1.19. The summed E-state index contributed by atoms with van der Waals surface area (Å²) >= 11 is 1.79. The number of imide groups is 1. The molecule has 2 rings (SSSR count). The summed E-state index contributed by atoms with van der Waals surface area (Å²) in [5.74, 6) is 1.96. The van der Waals surface area contributed by atoms with Gasteiger partial charge in [-0.2, -0.15) is 11.8 Å². The summed E-state index contributed by atoms with van der Waals surface area (Å²) in [4.78, 5) is 24.7. The van der Waals surface area contributed by atoms with Gasteiger partial charge in [0.2, 0.25) is 11.8 Å². The minimum atomic E-state index is -0.308. The second-order valence-electron chi connectivity index (χ2n) is 3.70. The van der Waals surface area contributed by atoms with Crippen molar-refractivity contribution in [1.82, 2.24) is 4.90 Å². The number of amides is 2. The second kappa shape index (κ2) is 3.01. The summed E-state index contributed by atoms with van der Waals surface area (Å²) in [5.41, 5.74) is -0.308. The van der Waals surface area contributed by atoms with Crippen molar-refractivity contribution >= 4 is 23.6 Å². The largest absolute Gasteiger partial charge is 0.282 e. The molecule has 2 aliphatic rings. The van der Waals surface area contributed by atoms with Crippen LogP contribution < -0.4 is 0 Å². The molecule has 0 aromatic heterocycles. The standard InChI is InChI=1S/C9H13NO2S/c1-2-10-7(11)5-9(8(10)12)3-4-13-6-9/h2-6H2,1H3. The van der Waals surface area contributed by atoms with Gasteiger partial charge in [0, 0.05) is 18.7 Å². The maximum absolute atomic E-state index is 11.9. The van der Waals surface area contributed by atoms with Crippen LogP contribution in [0.3, 0.4) is 0 Å². The van der Waals surface area contributed by atoms with Crippen LogP contribution >= 0.6 is 11.8 Å². The van der Waals surface area contributed by atoms with Crippen molar-refractivity contribution in [3.8, 4) is 0 Å². The van der Waals surface area contributed by atoms with Crippen molar-refractivity contribution in [2.75, 3.05) is 18.1 Å². The topological polar surface area (TPSA) is 37.4 Å². The molecule has 2 amide bonds. The normalized spacial score (nSPS) is 33.8. The molecule has 1 atom stereocenters. The summed E-state index contributed by atoms with van der Waals surface area (Å²) in [6.45, 7) is 2.39. The Morgan fingerprint density at radius 2 is 2.31 bits per heavy atom. The zero-order chi connectivity index (χ0) is 9.47. The third-order valence-electron chi connectivity index (χ3n) is 2.91. The number of carbonyl (C=O) groups excluding carboxylic acids is 2. The molecule has 0 aromatic carbocycles. The first kappa shape index (κ1) is 9.06. The highest BCUT2D eigenvalue weighted by Gasteiger charge is 2.52. The smallest absolute Gasteiger partial charge is 0.236 e. The molecule has 3 nitrogen and oxygen atoms in total. The lowest BCUT2D eigenvalue weighted by molar-refractivity contribution is -0.140. The molecule has 72 valence electrons. The molecule has 0 aliphatic carbocycles. The van der Waals surface area contributed by atoms with Crippen molar-refractivity contribution in [1.29, 1.82) is 0 Å². The van der Waals surface area contributed by atoms with Gasteiger partial charge in [-0.05, 0) is 19.1 Å². The van der Waals surface area contributed by atoms with Gasteiger partial charge in [0.05, 0.1) is 5.41 Å². The van der Waals surface area contributed by atoms with Crippen molar-refractivity contribution < 1.29 is 9.59 Å². The van der Waals surface area contributed by atoms with Gasteiger partial charge >= 0.3 is 0 Å². The van der Waals surface area contributed by atoms with Gasteiger partial charge in [-0.1, -0.05) is 0 Å². The second-order valence-corrected chi connectivity index (χ2v) is 4.81. The molecule has 4 heteroatoms. The van der Waals surface area contributed by atoms with Gasteiger partial charge in [0.25, 0.3) is 0 Å². The minimum Gasteiger partial charge on any atom is -0.282 e. The van der Waals surface area contributed by atoms with Crippen molar-refractivity contribution in [2.45, 2.75) is 19.8 Å². The van der Waals surface area contributed by atoms with Crippen LogP contribution in [0.1, 0.15) is 19.8 Å². The lowest BCUT2D eigenvalue weighted by Gasteiger charge is -2.18. The fraction of sp³-hybridized carbons (Fsp3) is 0.778. The fourth-order valence-corrected chi connectivity index (χ4v) is 3.54. The lowest BCUT2D eigenvalue weighted by Crippen LogP contribution is -2.35. The van der Waals surface area contributed by atoms with Crippen LogP contribution in [0.15, 0.2) is 0 Å². The van der Waals surface area contributed by atoms with Gasteiger partial charge in [-0.25, -0.2) is 0 Å². The molecule has 1 unspecified atom stereocenters. The monoisotopic (exact) mass is 199 g/mol. The first-order chi connectivity index (χ1) is 6.19. The number of nitrogens with zero attached hydrogens (tertiary/aromatic N) is 1. The number of hydrogen-bond donors (Lipinski definition) is 0. The molecule has 0 radical (unpaired) electrons. The van der Waals surface area contributed by atoms with Gasteiger partial charge < -0.3 is 0 Å². The Bertz CT molecular complexity index is 258. The molecule has 0 bridgehead atoms. The molecular formula is C9H13NO2S. The molecule has 0 N–H and O–H groups in total. The van der Waals surface area contributed by atoms with E-state index >= 15 is 0 Å². The van der Waals surface area contributed by atoms with E-state index in [2.05, 4.69) is 0 Å². The van der Waals surface area contributed by atoms with E-state index in [1.807, 2.05) is 6.92 Å². The van der Waals surface area contributed by atoms with Crippen LogP contribution in [0, 0.1) is 5.41 Å².